The molecule has 176 valence electrons. The van der Waals surface area contributed by atoms with Gasteiger partial charge < -0.3 is 9.47 Å². The summed E-state index contributed by atoms with van der Waals surface area (Å²) in [7, 11) is 0. The highest BCUT2D eigenvalue weighted by Crippen LogP contribution is 2.32. The van der Waals surface area contributed by atoms with Crippen molar-refractivity contribution in [3.05, 3.63) is 92.4 Å². The van der Waals surface area contributed by atoms with E-state index in [0.717, 1.165) is 15.6 Å². The van der Waals surface area contributed by atoms with E-state index in [1.165, 1.54) is 6.21 Å². The second kappa shape index (κ2) is 11.8. The first-order valence-corrected chi connectivity index (χ1v) is 11.7. The summed E-state index contributed by atoms with van der Waals surface area (Å²) in [5.74, 6) is 0.375. The Labute approximate surface area is 212 Å². The van der Waals surface area contributed by atoms with Crippen LogP contribution in [0.15, 0.2) is 70.2 Å². The Morgan fingerprint density at radius 3 is 2.50 bits per heavy atom. The van der Waals surface area contributed by atoms with E-state index >= 15 is 0 Å². The van der Waals surface area contributed by atoms with Crippen molar-refractivity contribution in [1.29, 1.82) is 0 Å². The van der Waals surface area contributed by atoms with Crippen LogP contribution in [0, 0.1) is 6.92 Å². The molecular weight excluding hydrogens is 520 g/mol. The Morgan fingerprint density at radius 1 is 1.12 bits per heavy atom. The van der Waals surface area contributed by atoms with Gasteiger partial charge in [-0.3, -0.25) is 4.79 Å². The Hall–Kier alpha value is -3.16. The molecule has 6 nitrogen and oxygen atoms in total. The molecule has 0 fully saturated rings. The first kappa shape index (κ1) is 25.5. The maximum absolute atomic E-state index is 12.2. The molecule has 0 aliphatic carbocycles. The summed E-state index contributed by atoms with van der Waals surface area (Å²) in [6, 6.07) is 17.3. The van der Waals surface area contributed by atoms with Crippen LogP contribution in [0.25, 0.3) is 0 Å². The largest absolute Gasteiger partial charge is 0.483 e. The molecule has 3 rings (SSSR count). The Kier molecular flexibility index (Phi) is 8.85. The zero-order valence-electron chi connectivity index (χ0n) is 19.0. The van der Waals surface area contributed by atoms with E-state index in [-0.39, 0.29) is 18.4 Å². The highest BCUT2D eigenvalue weighted by atomic mass is 79.9. The van der Waals surface area contributed by atoms with Crippen molar-refractivity contribution in [2.75, 3.05) is 6.61 Å². The summed E-state index contributed by atoms with van der Waals surface area (Å²) >= 11 is 9.55. The minimum absolute atomic E-state index is 0.158. The molecule has 0 heterocycles. The van der Waals surface area contributed by atoms with Gasteiger partial charge in [-0.05, 0) is 78.1 Å². The molecule has 3 aromatic carbocycles. The predicted molar refractivity (Wildman–Crippen MR) is 137 cm³/mol. The molecule has 0 unspecified atom stereocenters. The summed E-state index contributed by atoms with van der Waals surface area (Å²) in [5.41, 5.74) is 5.49. The van der Waals surface area contributed by atoms with Gasteiger partial charge in [0.05, 0.1) is 16.8 Å². The molecule has 1 amide bonds. The Balaban J connectivity index is 1.52. The smallest absolute Gasteiger partial charge is 0.345 e. The Bertz CT molecular complexity index is 1210. The minimum atomic E-state index is -0.541. The average molecular weight is 544 g/mol. The number of ether oxygens (including phenoxy) is 2. The fraction of sp³-hybridized carbons (Fsp3) is 0.192. The van der Waals surface area contributed by atoms with Crippen LogP contribution in [0.5, 0.6) is 11.5 Å². The zero-order valence-corrected chi connectivity index (χ0v) is 21.3. The molecule has 8 heteroatoms. The number of carbonyl (C=O) groups excluding carboxylic acids is 2. The number of benzene rings is 3. The monoisotopic (exact) mass is 542 g/mol. The van der Waals surface area contributed by atoms with Crippen molar-refractivity contribution < 1.29 is 19.1 Å². The third kappa shape index (κ3) is 6.92. The van der Waals surface area contributed by atoms with E-state index in [4.69, 9.17) is 21.1 Å². The van der Waals surface area contributed by atoms with Gasteiger partial charge in [0.2, 0.25) is 0 Å². The van der Waals surface area contributed by atoms with Crippen molar-refractivity contribution in [3.8, 4) is 11.5 Å². The summed E-state index contributed by atoms with van der Waals surface area (Å²) in [6.07, 6.45) is 1.49. The average Bonchev–Trinajstić information content (AvgIpc) is 2.80. The van der Waals surface area contributed by atoms with Gasteiger partial charge in [0.25, 0.3) is 5.91 Å². The van der Waals surface area contributed by atoms with Crippen molar-refractivity contribution >= 4 is 45.6 Å². The normalized spacial score (nSPS) is 11.0. The number of carbonyl (C=O) groups is 2. The summed E-state index contributed by atoms with van der Waals surface area (Å²) in [4.78, 5) is 24.4. The van der Waals surface area contributed by atoms with Crippen molar-refractivity contribution in [2.24, 2.45) is 5.10 Å². The predicted octanol–water partition coefficient (Wildman–Crippen LogP) is 6.28. The number of rotatable bonds is 8. The van der Waals surface area contributed by atoms with Crippen LogP contribution in [0.4, 0.5) is 0 Å². The fourth-order valence-corrected chi connectivity index (χ4v) is 3.59. The van der Waals surface area contributed by atoms with E-state index in [2.05, 4.69) is 40.3 Å². The summed E-state index contributed by atoms with van der Waals surface area (Å²) in [5, 5.41) is 4.28. The highest BCUT2D eigenvalue weighted by molar-refractivity contribution is 9.10. The van der Waals surface area contributed by atoms with Gasteiger partial charge in [-0.2, -0.15) is 5.10 Å². The second-order valence-electron chi connectivity index (χ2n) is 7.81. The number of amides is 1. The van der Waals surface area contributed by atoms with Crippen LogP contribution in [0.1, 0.15) is 46.8 Å². The number of nitrogens with zero attached hydrogens (tertiary/aromatic N) is 1. The zero-order chi connectivity index (χ0) is 24.7. The lowest BCUT2D eigenvalue weighted by molar-refractivity contribution is -0.123. The van der Waals surface area contributed by atoms with E-state index in [0.29, 0.717) is 27.6 Å². The van der Waals surface area contributed by atoms with Gasteiger partial charge in [0.15, 0.2) is 6.61 Å². The lowest BCUT2D eigenvalue weighted by atomic mass is 10.0. The molecule has 0 radical (unpaired) electrons. The number of nitrogens with one attached hydrogen (secondary N) is 1. The molecule has 0 aliphatic heterocycles. The van der Waals surface area contributed by atoms with Crippen LogP contribution in [0.3, 0.4) is 0 Å². The first-order valence-electron chi connectivity index (χ1n) is 10.6. The topological polar surface area (TPSA) is 77.0 Å². The molecule has 0 saturated carbocycles. The SMILES string of the molecule is Cc1cc(OCC(=O)N/N=C/c2ccc(OC(=O)c3ccccc3Cl)cc2)c(C(C)C)cc1Br. The molecule has 0 aliphatic rings. The van der Waals surface area contributed by atoms with Gasteiger partial charge in [-0.1, -0.05) is 53.5 Å². The third-order valence-electron chi connectivity index (χ3n) is 4.86. The highest BCUT2D eigenvalue weighted by Gasteiger charge is 2.13. The minimum Gasteiger partial charge on any atom is -0.483 e. The molecule has 3 aromatic rings. The van der Waals surface area contributed by atoms with E-state index in [1.54, 1.807) is 48.5 Å². The molecule has 1 N–H and O–H groups in total. The number of hydrogen-bond acceptors (Lipinski definition) is 5. The van der Waals surface area contributed by atoms with Crippen molar-refractivity contribution in [3.63, 3.8) is 0 Å². The molecule has 0 aromatic heterocycles. The van der Waals surface area contributed by atoms with Crippen molar-refractivity contribution in [1.82, 2.24) is 5.43 Å². The number of halogens is 2. The van der Waals surface area contributed by atoms with Gasteiger partial charge in [0, 0.05) is 4.47 Å². The quantitative estimate of drug-likeness (QED) is 0.157. The second-order valence-corrected chi connectivity index (χ2v) is 9.08. The maximum Gasteiger partial charge on any atom is 0.345 e. The molecular formula is C26H24BrClN2O4. The molecule has 0 bridgehead atoms. The van der Waals surface area contributed by atoms with Crippen LogP contribution >= 0.6 is 27.5 Å². The van der Waals surface area contributed by atoms with Crippen molar-refractivity contribution in [2.45, 2.75) is 26.7 Å². The Morgan fingerprint density at radius 2 is 1.82 bits per heavy atom. The standard InChI is InChI=1S/C26H24BrClN2O4/c1-16(2)21-13-22(27)17(3)12-24(21)33-15-25(31)30-29-14-18-8-10-19(11-9-18)34-26(32)20-6-4-5-7-23(20)28/h4-14,16H,15H2,1-3H3,(H,30,31)/b29-14+. The molecule has 0 saturated heterocycles. The van der Waals surface area contributed by atoms with Gasteiger partial charge in [-0.15, -0.1) is 0 Å². The lowest BCUT2D eigenvalue weighted by Crippen LogP contribution is -2.25. The third-order valence-corrected chi connectivity index (χ3v) is 6.04. The number of aryl methyl sites for hydroxylation is 1. The molecule has 34 heavy (non-hydrogen) atoms. The van der Waals surface area contributed by atoms with Gasteiger partial charge >= 0.3 is 5.97 Å². The van der Waals surface area contributed by atoms with Crippen LogP contribution in [-0.2, 0) is 4.79 Å². The number of hydrogen-bond donors (Lipinski definition) is 1. The number of esters is 1. The molecule has 0 atom stereocenters. The summed E-state index contributed by atoms with van der Waals surface area (Å²) < 4.78 is 12.1. The van der Waals surface area contributed by atoms with E-state index < -0.39 is 5.97 Å². The molecule has 0 spiro atoms. The van der Waals surface area contributed by atoms with Crippen LogP contribution < -0.4 is 14.9 Å². The van der Waals surface area contributed by atoms with E-state index in [9.17, 15) is 9.59 Å². The summed E-state index contributed by atoms with van der Waals surface area (Å²) in [6.45, 7) is 5.94. The number of hydrazone groups is 1. The van der Waals surface area contributed by atoms with Crippen LogP contribution in [-0.4, -0.2) is 24.7 Å². The van der Waals surface area contributed by atoms with Gasteiger partial charge in [0.1, 0.15) is 11.5 Å². The first-order chi connectivity index (χ1) is 16.2. The lowest BCUT2D eigenvalue weighted by Gasteiger charge is -2.15. The van der Waals surface area contributed by atoms with Crippen LogP contribution in [0.2, 0.25) is 5.02 Å². The van der Waals surface area contributed by atoms with E-state index in [1.807, 2.05) is 19.1 Å². The van der Waals surface area contributed by atoms with Gasteiger partial charge in [-0.25, -0.2) is 10.2 Å². The fourth-order valence-electron chi connectivity index (χ4n) is 3.01. The maximum atomic E-state index is 12.2.